The molecule has 2 fully saturated rings. The van der Waals surface area contributed by atoms with Gasteiger partial charge in [0.2, 0.25) is 0 Å². The van der Waals surface area contributed by atoms with Crippen LogP contribution < -0.4 is 5.73 Å². The van der Waals surface area contributed by atoms with Crippen LogP contribution in [-0.4, -0.2) is 60.3 Å². The first kappa shape index (κ1) is 12.9. The van der Waals surface area contributed by atoms with Gasteiger partial charge in [-0.3, -0.25) is 4.57 Å². The van der Waals surface area contributed by atoms with E-state index in [1.54, 1.807) is 11.5 Å². The lowest BCUT2D eigenvalue weighted by Gasteiger charge is -2.34. The average molecular weight is 293 g/mol. The average Bonchev–Trinajstić information content (AvgIpc) is 3.09. The van der Waals surface area contributed by atoms with Crippen molar-refractivity contribution in [3.05, 3.63) is 12.7 Å². The summed E-state index contributed by atoms with van der Waals surface area (Å²) in [5, 5.41) is 20.0. The Morgan fingerprint density at radius 3 is 2.95 bits per heavy atom. The summed E-state index contributed by atoms with van der Waals surface area (Å²) < 4.78 is 13.3. The van der Waals surface area contributed by atoms with Gasteiger partial charge in [-0.05, 0) is 6.92 Å². The second-order valence-electron chi connectivity index (χ2n) is 5.39. The van der Waals surface area contributed by atoms with Crippen LogP contribution in [0.25, 0.3) is 11.2 Å². The number of ether oxygens (including phenoxy) is 2. The van der Waals surface area contributed by atoms with Crippen LogP contribution in [0.1, 0.15) is 13.2 Å². The Labute approximate surface area is 119 Å². The maximum Gasteiger partial charge on any atom is 0.167 e. The molecule has 2 aromatic heterocycles. The molecule has 112 valence electrons. The third-order valence-corrected chi connectivity index (χ3v) is 4.39. The molecule has 9 nitrogen and oxygen atoms in total. The van der Waals surface area contributed by atoms with E-state index in [-0.39, 0.29) is 12.4 Å². The number of aromatic nitrogens is 4. The Bertz CT molecular complexity index is 706. The van der Waals surface area contributed by atoms with E-state index in [4.69, 9.17) is 15.2 Å². The van der Waals surface area contributed by atoms with Crippen LogP contribution in [0.3, 0.4) is 0 Å². The third kappa shape index (κ3) is 1.46. The summed E-state index contributed by atoms with van der Waals surface area (Å²) in [6.45, 7) is 1.44. The van der Waals surface area contributed by atoms with Gasteiger partial charge in [-0.2, -0.15) is 0 Å². The topological polar surface area (TPSA) is 129 Å². The predicted octanol–water partition coefficient (Wildman–Crippen LogP) is -1.18. The molecule has 5 atom stereocenters. The van der Waals surface area contributed by atoms with Gasteiger partial charge in [-0.1, -0.05) is 0 Å². The zero-order chi connectivity index (χ0) is 14.8. The van der Waals surface area contributed by atoms with Crippen molar-refractivity contribution in [2.75, 3.05) is 12.3 Å². The molecule has 0 amide bonds. The van der Waals surface area contributed by atoms with E-state index >= 15 is 0 Å². The van der Waals surface area contributed by atoms with E-state index in [1.807, 2.05) is 0 Å². The number of nitrogen functional groups attached to an aromatic ring is 1. The molecule has 4 N–H and O–H groups in total. The highest BCUT2D eigenvalue weighted by atomic mass is 16.7. The van der Waals surface area contributed by atoms with E-state index in [0.717, 1.165) is 0 Å². The molecule has 0 saturated carbocycles. The molecule has 2 bridgehead atoms. The fourth-order valence-electron chi connectivity index (χ4n) is 3.16. The lowest BCUT2D eigenvalue weighted by Crippen LogP contribution is -2.49. The first-order valence-electron chi connectivity index (χ1n) is 6.63. The zero-order valence-corrected chi connectivity index (χ0v) is 11.2. The van der Waals surface area contributed by atoms with Gasteiger partial charge in [0.15, 0.2) is 17.7 Å². The fourth-order valence-corrected chi connectivity index (χ4v) is 3.16. The molecule has 2 aliphatic heterocycles. The van der Waals surface area contributed by atoms with Crippen LogP contribution in [0, 0.1) is 0 Å². The van der Waals surface area contributed by atoms with Crippen LogP contribution >= 0.6 is 0 Å². The van der Waals surface area contributed by atoms with Crippen LogP contribution in [0.4, 0.5) is 5.82 Å². The molecule has 2 aromatic rings. The Kier molecular flexibility index (Phi) is 2.52. The number of hydrogen-bond acceptors (Lipinski definition) is 8. The van der Waals surface area contributed by atoms with Gasteiger partial charge in [-0.25, -0.2) is 15.0 Å². The number of imidazole rings is 1. The van der Waals surface area contributed by atoms with Crippen molar-refractivity contribution in [1.82, 2.24) is 19.5 Å². The number of nitrogens with zero attached hydrogens (tertiary/aromatic N) is 4. The highest BCUT2D eigenvalue weighted by molar-refractivity contribution is 5.81. The first-order valence-corrected chi connectivity index (χ1v) is 6.63. The van der Waals surface area contributed by atoms with Crippen molar-refractivity contribution in [3.8, 4) is 0 Å². The number of anilines is 1. The van der Waals surface area contributed by atoms with Crippen LogP contribution in [0.15, 0.2) is 12.7 Å². The fraction of sp³-hybridized carbons (Fsp3) is 0.583. The summed E-state index contributed by atoms with van der Waals surface area (Å²) in [4.78, 5) is 12.2. The smallest absolute Gasteiger partial charge is 0.167 e. The lowest BCUT2D eigenvalue weighted by atomic mass is 9.95. The van der Waals surface area contributed by atoms with Gasteiger partial charge >= 0.3 is 0 Å². The molecule has 4 heterocycles. The number of aliphatic hydroxyl groups is 2. The molecule has 3 unspecified atom stereocenters. The zero-order valence-electron chi connectivity index (χ0n) is 11.2. The second kappa shape index (κ2) is 4.10. The molecule has 2 saturated heterocycles. The Morgan fingerprint density at radius 2 is 2.24 bits per heavy atom. The van der Waals surface area contributed by atoms with Crippen molar-refractivity contribution < 1.29 is 19.7 Å². The molecule has 4 rings (SSSR count). The van der Waals surface area contributed by atoms with Crippen LogP contribution in [-0.2, 0) is 9.47 Å². The van der Waals surface area contributed by atoms with Gasteiger partial charge < -0.3 is 25.4 Å². The molecule has 0 radical (unpaired) electrons. The highest BCUT2D eigenvalue weighted by Crippen LogP contribution is 2.48. The summed E-state index contributed by atoms with van der Waals surface area (Å²) in [5.41, 5.74) is 5.60. The van der Waals surface area contributed by atoms with Crippen molar-refractivity contribution in [2.24, 2.45) is 0 Å². The van der Waals surface area contributed by atoms with E-state index in [0.29, 0.717) is 11.2 Å². The van der Waals surface area contributed by atoms with Gasteiger partial charge in [0.25, 0.3) is 0 Å². The molecule has 21 heavy (non-hydrogen) atoms. The monoisotopic (exact) mass is 293 g/mol. The predicted molar refractivity (Wildman–Crippen MR) is 70.0 cm³/mol. The standard InChI is InChI=1S/C12H15N5O4/c1-5-12(2-18)8(19)7(20-5)11(21-12)17-4-16-6-9(13)14-3-15-10(6)17/h3-5,7-8,11,18-19H,2H2,1H3,(H2,13,14,15)/t5?,7?,8?,11-,12+/m1/s1. The van der Waals surface area contributed by atoms with Crippen molar-refractivity contribution >= 4 is 17.0 Å². The molecule has 9 heteroatoms. The number of aliphatic hydroxyl groups excluding tert-OH is 2. The summed E-state index contributed by atoms with van der Waals surface area (Å²) in [6, 6.07) is 0. The molecular formula is C12H15N5O4. The Morgan fingerprint density at radius 1 is 1.43 bits per heavy atom. The maximum absolute atomic E-state index is 10.3. The normalized spacial score (nSPS) is 38.4. The molecule has 2 aliphatic rings. The van der Waals surface area contributed by atoms with E-state index in [9.17, 15) is 10.2 Å². The van der Waals surface area contributed by atoms with E-state index in [1.165, 1.54) is 12.7 Å². The number of rotatable bonds is 2. The van der Waals surface area contributed by atoms with Crippen molar-refractivity contribution in [1.29, 1.82) is 0 Å². The summed E-state index contributed by atoms with van der Waals surface area (Å²) >= 11 is 0. The van der Waals surface area contributed by atoms with E-state index in [2.05, 4.69) is 15.0 Å². The first-order chi connectivity index (χ1) is 10.1. The lowest BCUT2D eigenvalue weighted by molar-refractivity contribution is -0.216. The Balaban J connectivity index is 1.80. The van der Waals surface area contributed by atoms with Gasteiger partial charge in [0.05, 0.1) is 19.0 Å². The largest absolute Gasteiger partial charge is 0.393 e. The van der Waals surface area contributed by atoms with E-state index < -0.39 is 30.1 Å². The SMILES string of the molecule is CC1OC2C(O)[C@@]1(CO)O[C@H]2n1cnc2c(N)ncnc21. The number of fused-ring (bicyclic) bond motifs is 3. The minimum absolute atomic E-state index is 0.272. The molecule has 0 spiro atoms. The summed E-state index contributed by atoms with van der Waals surface area (Å²) in [7, 11) is 0. The summed E-state index contributed by atoms with van der Waals surface area (Å²) in [5.74, 6) is 0.272. The van der Waals surface area contributed by atoms with Gasteiger partial charge in [0.1, 0.15) is 29.7 Å². The summed E-state index contributed by atoms with van der Waals surface area (Å²) in [6.07, 6.45) is 0.327. The van der Waals surface area contributed by atoms with Gasteiger partial charge in [-0.15, -0.1) is 0 Å². The van der Waals surface area contributed by atoms with Crippen molar-refractivity contribution in [2.45, 2.75) is 37.1 Å². The van der Waals surface area contributed by atoms with Crippen LogP contribution in [0.5, 0.6) is 0 Å². The van der Waals surface area contributed by atoms with Crippen LogP contribution in [0.2, 0.25) is 0 Å². The minimum atomic E-state index is -1.12. The molecular weight excluding hydrogens is 278 g/mol. The van der Waals surface area contributed by atoms with Crippen molar-refractivity contribution in [3.63, 3.8) is 0 Å². The molecule has 0 aromatic carbocycles. The molecule has 0 aliphatic carbocycles. The maximum atomic E-state index is 10.3. The third-order valence-electron chi connectivity index (χ3n) is 4.39. The Hall–Kier alpha value is -1.81. The highest BCUT2D eigenvalue weighted by Gasteiger charge is 2.65. The minimum Gasteiger partial charge on any atom is -0.393 e. The quantitative estimate of drug-likeness (QED) is 0.631. The van der Waals surface area contributed by atoms with Gasteiger partial charge in [0, 0.05) is 0 Å². The second-order valence-corrected chi connectivity index (χ2v) is 5.39. The number of nitrogens with two attached hydrogens (primary N) is 1. The number of hydrogen-bond donors (Lipinski definition) is 3.